The van der Waals surface area contributed by atoms with Crippen LogP contribution in [0.5, 0.6) is 5.75 Å². The van der Waals surface area contributed by atoms with E-state index in [0.717, 1.165) is 35.1 Å². The van der Waals surface area contributed by atoms with Gasteiger partial charge < -0.3 is 9.72 Å². The number of hydrogen-bond acceptors (Lipinski definition) is 3. The fourth-order valence-corrected chi connectivity index (χ4v) is 3.40. The molecular weight excluding hydrogens is 348 g/mol. The Kier molecular flexibility index (Phi) is 7.65. The fourth-order valence-electron chi connectivity index (χ4n) is 3.40. The van der Waals surface area contributed by atoms with Gasteiger partial charge in [-0.1, -0.05) is 70.1 Å². The third-order valence-corrected chi connectivity index (χ3v) is 5.02. The molecule has 0 saturated carbocycles. The molecule has 2 aromatic carbocycles. The van der Waals surface area contributed by atoms with Gasteiger partial charge in [-0.2, -0.15) is 0 Å². The molecule has 148 valence electrons. The second-order valence-electron chi connectivity index (χ2n) is 7.33. The Hall–Kier alpha value is -2.62. The number of fused-ring (bicyclic) bond motifs is 1. The minimum Gasteiger partial charge on any atom is -0.494 e. The molecule has 0 saturated heterocycles. The lowest BCUT2D eigenvalue weighted by atomic mass is 10.1. The van der Waals surface area contributed by atoms with E-state index in [2.05, 4.69) is 29.0 Å². The molecule has 0 unspecified atom stereocenters. The molecule has 1 heterocycles. The Labute approximate surface area is 167 Å². The molecule has 0 amide bonds. The van der Waals surface area contributed by atoms with Crippen LogP contribution in [-0.2, 0) is 0 Å². The third-order valence-electron chi connectivity index (χ3n) is 5.02. The quantitative estimate of drug-likeness (QED) is 0.410. The number of H-pyrrole nitrogens is 1. The van der Waals surface area contributed by atoms with Crippen LogP contribution in [0, 0.1) is 0 Å². The van der Waals surface area contributed by atoms with Crippen molar-refractivity contribution in [3.05, 3.63) is 59.0 Å². The van der Waals surface area contributed by atoms with Crippen molar-refractivity contribution in [1.82, 2.24) is 9.97 Å². The SMILES string of the molecule is CCCCCCCCCCOc1ccc2cc(-c3nccc(=O)[nH]3)ccc2c1. The van der Waals surface area contributed by atoms with Gasteiger partial charge in [-0.25, -0.2) is 4.98 Å². The number of aromatic nitrogens is 2. The van der Waals surface area contributed by atoms with E-state index in [4.69, 9.17) is 4.74 Å². The summed E-state index contributed by atoms with van der Waals surface area (Å²) in [6.45, 7) is 3.03. The number of hydrogen-bond donors (Lipinski definition) is 1. The van der Waals surface area contributed by atoms with Crippen molar-refractivity contribution in [3.63, 3.8) is 0 Å². The van der Waals surface area contributed by atoms with Crippen molar-refractivity contribution in [1.29, 1.82) is 0 Å². The number of nitrogens with zero attached hydrogens (tertiary/aromatic N) is 1. The molecule has 0 aliphatic heterocycles. The van der Waals surface area contributed by atoms with Crippen LogP contribution >= 0.6 is 0 Å². The maximum absolute atomic E-state index is 11.5. The summed E-state index contributed by atoms with van der Waals surface area (Å²) in [5, 5.41) is 2.22. The number of ether oxygens (including phenoxy) is 1. The lowest BCUT2D eigenvalue weighted by molar-refractivity contribution is 0.304. The number of aromatic amines is 1. The molecule has 3 rings (SSSR count). The van der Waals surface area contributed by atoms with Crippen molar-refractivity contribution in [2.45, 2.75) is 58.3 Å². The number of benzene rings is 2. The predicted octanol–water partition coefficient (Wildman–Crippen LogP) is 6.11. The van der Waals surface area contributed by atoms with Crippen LogP contribution in [0.3, 0.4) is 0 Å². The smallest absolute Gasteiger partial charge is 0.251 e. The first kappa shape index (κ1) is 20.1. The summed E-state index contributed by atoms with van der Waals surface area (Å²) in [7, 11) is 0. The maximum atomic E-state index is 11.5. The minimum atomic E-state index is -0.144. The Bertz CT molecular complexity index is 933. The Morgan fingerprint density at radius 2 is 1.57 bits per heavy atom. The topological polar surface area (TPSA) is 55.0 Å². The van der Waals surface area contributed by atoms with Crippen LogP contribution in [0.15, 0.2) is 53.5 Å². The largest absolute Gasteiger partial charge is 0.494 e. The molecule has 0 atom stereocenters. The van der Waals surface area contributed by atoms with Crippen molar-refractivity contribution in [3.8, 4) is 17.1 Å². The highest BCUT2D eigenvalue weighted by atomic mass is 16.5. The first-order chi connectivity index (χ1) is 13.8. The highest BCUT2D eigenvalue weighted by Crippen LogP contribution is 2.25. The van der Waals surface area contributed by atoms with Crippen molar-refractivity contribution in [2.24, 2.45) is 0 Å². The standard InChI is InChI=1S/C24H30N2O2/c1-2-3-4-5-6-7-8-9-16-28-22-13-12-19-17-21(11-10-20(19)18-22)24-25-15-14-23(27)26-24/h10-15,17-18H,2-9,16H2,1H3,(H,25,26,27). The van der Waals surface area contributed by atoms with Crippen LogP contribution in [0.4, 0.5) is 0 Å². The van der Waals surface area contributed by atoms with Gasteiger partial charge in [0.1, 0.15) is 11.6 Å². The summed E-state index contributed by atoms with van der Waals surface area (Å²) in [6.07, 6.45) is 12.0. The zero-order valence-electron chi connectivity index (χ0n) is 16.7. The summed E-state index contributed by atoms with van der Waals surface area (Å²) < 4.78 is 5.93. The zero-order valence-corrected chi connectivity index (χ0v) is 16.7. The van der Waals surface area contributed by atoms with Crippen LogP contribution in [0.2, 0.25) is 0 Å². The minimum absolute atomic E-state index is 0.144. The molecule has 1 N–H and O–H groups in total. The lowest BCUT2D eigenvalue weighted by Gasteiger charge is -2.08. The molecule has 0 aliphatic carbocycles. The normalized spacial score (nSPS) is 11.0. The number of nitrogens with one attached hydrogen (secondary N) is 1. The van der Waals surface area contributed by atoms with Crippen LogP contribution in [0.1, 0.15) is 58.3 Å². The molecule has 1 aromatic heterocycles. The van der Waals surface area contributed by atoms with Crippen molar-refractivity contribution < 1.29 is 4.74 Å². The molecular formula is C24H30N2O2. The van der Waals surface area contributed by atoms with Gasteiger partial charge in [0.15, 0.2) is 0 Å². The second-order valence-corrected chi connectivity index (χ2v) is 7.33. The molecule has 0 spiro atoms. The van der Waals surface area contributed by atoms with E-state index in [1.165, 1.54) is 57.2 Å². The average molecular weight is 379 g/mol. The van der Waals surface area contributed by atoms with E-state index < -0.39 is 0 Å². The van der Waals surface area contributed by atoms with E-state index >= 15 is 0 Å². The van der Waals surface area contributed by atoms with E-state index in [9.17, 15) is 4.79 Å². The highest BCUT2D eigenvalue weighted by molar-refractivity contribution is 5.87. The first-order valence-electron chi connectivity index (χ1n) is 10.5. The van der Waals surface area contributed by atoms with Gasteiger partial charge in [-0.05, 0) is 35.4 Å². The van der Waals surface area contributed by atoms with Gasteiger partial charge in [0.2, 0.25) is 0 Å². The van der Waals surface area contributed by atoms with E-state index in [1.54, 1.807) is 0 Å². The number of rotatable bonds is 11. The molecule has 4 nitrogen and oxygen atoms in total. The summed E-state index contributed by atoms with van der Waals surface area (Å²) >= 11 is 0. The summed E-state index contributed by atoms with van der Waals surface area (Å²) in [5.74, 6) is 1.50. The second kappa shape index (κ2) is 10.6. The third kappa shape index (κ3) is 5.95. The summed E-state index contributed by atoms with van der Waals surface area (Å²) in [4.78, 5) is 18.5. The van der Waals surface area contributed by atoms with E-state index in [1.807, 2.05) is 24.3 Å². The molecule has 0 fully saturated rings. The molecule has 3 aromatic rings. The van der Waals surface area contributed by atoms with Gasteiger partial charge >= 0.3 is 0 Å². The van der Waals surface area contributed by atoms with Crippen LogP contribution in [-0.4, -0.2) is 16.6 Å². The summed E-state index contributed by atoms with van der Waals surface area (Å²) in [6, 6.07) is 13.6. The number of unbranched alkanes of at least 4 members (excludes halogenated alkanes) is 7. The van der Waals surface area contributed by atoms with Gasteiger partial charge in [-0.15, -0.1) is 0 Å². The fraction of sp³-hybridized carbons (Fsp3) is 0.417. The van der Waals surface area contributed by atoms with Crippen LogP contribution < -0.4 is 10.3 Å². The van der Waals surface area contributed by atoms with Crippen LogP contribution in [0.25, 0.3) is 22.2 Å². The maximum Gasteiger partial charge on any atom is 0.251 e. The van der Waals surface area contributed by atoms with Gasteiger partial charge in [-0.3, -0.25) is 4.79 Å². The van der Waals surface area contributed by atoms with Gasteiger partial charge in [0.05, 0.1) is 6.61 Å². The Morgan fingerprint density at radius 1 is 0.857 bits per heavy atom. The average Bonchev–Trinajstić information content (AvgIpc) is 2.72. The molecule has 0 radical (unpaired) electrons. The predicted molar refractivity (Wildman–Crippen MR) is 116 cm³/mol. The van der Waals surface area contributed by atoms with Crippen molar-refractivity contribution >= 4 is 10.8 Å². The molecule has 0 aliphatic rings. The Morgan fingerprint density at radius 3 is 2.36 bits per heavy atom. The lowest BCUT2D eigenvalue weighted by Crippen LogP contribution is -2.05. The molecule has 0 bridgehead atoms. The van der Waals surface area contributed by atoms with Gasteiger partial charge in [0, 0.05) is 17.8 Å². The Balaban J connectivity index is 1.49. The van der Waals surface area contributed by atoms with Crippen molar-refractivity contribution in [2.75, 3.05) is 6.61 Å². The molecule has 4 heteroatoms. The summed E-state index contributed by atoms with van der Waals surface area (Å²) in [5.41, 5.74) is 0.757. The molecule has 28 heavy (non-hydrogen) atoms. The zero-order chi connectivity index (χ0) is 19.6. The first-order valence-corrected chi connectivity index (χ1v) is 10.5. The van der Waals surface area contributed by atoms with E-state index in [0.29, 0.717) is 5.82 Å². The monoisotopic (exact) mass is 378 g/mol. The van der Waals surface area contributed by atoms with Gasteiger partial charge in [0.25, 0.3) is 5.56 Å². The van der Waals surface area contributed by atoms with E-state index in [-0.39, 0.29) is 5.56 Å². The highest BCUT2D eigenvalue weighted by Gasteiger charge is 2.03.